The van der Waals surface area contributed by atoms with Crippen LogP contribution in [0.1, 0.15) is 26.7 Å². The number of hydrogen-bond donors (Lipinski definition) is 1. The number of hydrogen-bond acceptors (Lipinski definition) is 3. The molecule has 6 nitrogen and oxygen atoms in total. The molecule has 0 aromatic carbocycles. The van der Waals surface area contributed by atoms with Gasteiger partial charge < -0.3 is 14.9 Å². The summed E-state index contributed by atoms with van der Waals surface area (Å²) < 4.78 is 0. The van der Waals surface area contributed by atoms with E-state index in [0.717, 1.165) is 25.9 Å². The maximum absolute atomic E-state index is 12.4. The largest absolute Gasteiger partial charge is 0.480 e. The fourth-order valence-corrected chi connectivity index (χ4v) is 2.50. The van der Waals surface area contributed by atoms with Crippen molar-refractivity contribution in [3.05, 3.63) is 0 Å². The van der Waals surface area contributed by atoms with Crippen molar-refractivity contribution in [1.82, 2.24) is 14.7 Å². The molecule has 108 valence electrons. The van der Waals surface area contributed by atoms with Gasteiger partial charge in [0.25, 0.3) is 0 Å². The number of urea groups is 1. The molecular weight excluding hydrogens is 246 g/mol. The second-order valence-corrected chi connectivity index (χ2v) is 5.65. The fourth-order valence-electron chi connectivity index (χ4n) is 2.50. The first-order valence-corrected chi connectivity index (χ1v) is 7.00. The Balaban J connectivity index is 1.90. The van der Waals surface area contributed by atoms with E-state index in [2.05, 4.69) is 18.7 Å². The number of carbonyl (C=O) groups is 2. The number of nitrogens with zero attached hydrogens (tertiary/aromatic N) is 3. The highest BCUT2D eigenvalue weighted by Crippen LogP contribution is 2.27. The van der Waals surface area contributed by atoms with Gasteiger partial charge in [-0.05, 0) is 26.7 Å². The van der Waals surface area contributed by atoms with Crippen LogP contribution < -0.4 is 0 Å². The van der Waals surface area contributed by atoms with Crippen molar-refractivity contribution < 1.29 is 14.7 Å². The maximum Gasteiger partial charge on any atom is 0.323 e. The summed E-state index contributed by atoms with van der Waals surface area (Å²) in [5, 5.41) is 8.90. The van der Waals surface area contributed by atoms with E-state index >= 15 is 0 Å². The number of aliphatic carboxylic acids is 1. The normalized spacial score (nSPS) is 20.7. The molecule has 0 radical (unpaired) electrons. The number of amides is 2. The van der Waals surface area contributed by atoms with Gasteiger partial charge in [0, 0.05) is 38.3 Å². The van der Waals surface area contributed by atoms with Gasteiger partial charge in [-0.3, -0.25) is 9.69 Å². The van der Waals surface area contributed by atoms with Gasteiger partial charge >= 0.3 is 12.0 Å². The first-order chi connectivity index (χ1) is 8.99. The lowest BCUT2D eigenvalue weighted by molar-refractivity contribution is -0.137. The third kappa shape index (κ3) is 3.59. The van der Waals surface area contributed by atoms with Crippen LogP contribution in [0.5, 0.6) is 0 Å². The molecule has 2 rings (SSSR count). The highest BCUT2D eigenvalue weighted by atomic mass is 16.4. The lowest BCUT2D eigenvalue weighted by Gasteiger charge is -2.38. The summed E-state index contributed by atoms with van der Waals surface area (Å²) in [6.45, 7) is 7.26. The number of rotatable bonds is 4. The van der Waals surface area contributed by atoms with Crippen molar-refractivity contribution in [3.63, 3.8) is 0 Å². The summed E-state index contributed by atoms with van der Waals surface area (Å²) in [5.41, 5.74) is 0. The van der Waals surface area contributed by atoms with Gasteiger partial charge in [-0.1, -0.05) is 0 Å². The SMILES string of the molecule is CC(C)N1CCN(C(=O)N(CC(=O)O)C2CC2)CC1. The zero-order chi connectivity index (χ0) is 14.0. The van der Waals surface area contributed by atoms with Crippen LogP contribution in [0, 0.1) is 0 Å². The van der Waals surface area contributed by atoms with Crippen molar-refractivity contribution in [3.8, 4) is 0 Å². The Morgan fingerprint density at radius 1 is 1.21 bits per heavy atom. The Hall–Kier alpha value is -1.30. The molecule has 0 atom stereocenters. The molecule has 2 amide bonds. The van der Waals surface area contributed by atoms with E-state index in [9.17, 15) is 9.59 Å². The van der Waals surface area contributed by atoms with Gasteiger partial charge in [-0.15, -0.1) is 0 Å². The van der Waals surface area contributed by atoms with Crippen LogP contribution in [-0.4, -0.2) is 76.6 Å². The third-order valence-electron chi connectivity index (χ3n) is 3.85. The summed E-state index contributed by atoms with van der Waals surface area (Å²) in [7, 11) is 0. The predicted molar refractivity (Wildman–Crippen MR) is 71.0 cm³/mol. The van der Waals surface area contributed by atoms with E-state index in [-0.39, 0.29) is 18.6 Å². The Morgan fingerprint density at radius 2 is 1.79 bits per heavy atom. The Kier molecular flexibility index (Phi) is 4.29. The van der Waals surface area contributed by atoms with E-state index in [1.165, 1.54) is 4.90 Å². The molecule has 19 heavy (non-hydrogen) atoms. The molecule has 1 N–H and O–H groups in total. The zero-order valence-corrected chi connectivity index (χ0v) is 11.7. The molecule has 1 saturated heterocycles. The summed E-state index contributed by atoms with van der Waals surface area (Å²) in [5.74, 6) is -0.930. The minimum absolute atomic E-state index is 0.103. The van der Waals surface area contributed by atoms with Gasteiger partial charge in [0.05, 0.1) is 0 Å². The van der Waals surface area contributed by atoms with Crippen molar-refractivity contribution >= 4 is 12.0 Å². The summed E-state index contributed by atoms with van der Waals surface area (Å²) in [6.07, 6.45) is 1.87. The van der Waals surface area contributed by atoms with Crippen molar-refractivity contribution in [2.24, 2.45) is 0 Å². The van der Waals surface area contributed by atoms with Crippen LogP contribution in [0.3, 0.4) is 0 Å². The third-order valence-corrected chi connectivity index (χ3v) is 3.85. The standard InChI is InChI=1S/C13H23N3O3/c1-10(2)14-5-7-15(8-6-14)13(19)16(9-12(17)18)11-3-4-11/h10-11H,3-9H2,1-2H3,(H,17,18). The second kappa shape index (κ2) is 5.77. The second-order valence-electron chi connectivity index (χ2n) is 5.65. The molecule has 1 aliphatic heterocycles. The van der Waals surface area contributed by atoms with E-state index in [1.54, 1.807) is 4.90 Å². The molecule has 0 aromatic heterocycles. The molecule has 1 saturated carbocycles. The van der Waals surface area contributed by atoms with Gasteiger partial charge in [0.15, 0.2) is 0 Å². The summed E-state index contributed by atoms with van der Waals surface area (Å²) in [6, 6.07) is 0.538. The minimum atomic E-state index is -0.930. The van der Waals surface area contributed by atoms with Crippen molar-refractivity contribution in [2.75, 3.05) is 32.7 Å². The zero-order valence-electron chi connectivity index (χ0n) is 11.7. The molecule has 2 fully saturated rings. The fraction of sp³-hybridized carbons (Fsp3) is 0.846. The summed E-state index contributed by atoms with van der Waals surface area (Å²) in [4.78, 5) is 28.9. The molecule has 0 aromatic rings. The maximum atomic E-state index is 12.4. The van der Waals surface area contributed by atoms with Crippen molar-refractivity contribution in [2.45, 2.75) is 38.8 Å². The van der Waals surface area contributed by atoms with Crippen LogP contribution >= 0.6 is 0 Å². The first kappa shape index (κ1) is 14.1. The minimum Gasteiger partial charge on any atom is -0.480 e. The quantitative estimate of drug-likeness (QED) is 0.815. The van der Waals surface area contributed by atoms with Gasteiger partial charge in [0.2, 0.25) is 0 Å². The molecule has 0 unspecified atom stereocenters. The van der Waals surface area contributed by atoms with E-state index in [1.807, 2.05) is 0 Å². The smallest absolute Gasteiger partial charge is 0.323 e. The Bertz CT molecular complexity index is 347. The van der Waals surface area contributed by atoms with Crippen molar-refractivity contribution in [1.29, 1.82) is 0 Å². The predicted octanol–water partition coefficient (Wildman–Crippen LogP) is 0.681. The van der Waals surface area contributed by atoms with Gasteiger partial charge in [0.1, 0.15) is 6.54 Å². The molecule has 1 aliphatic carbocycles. The van der Waals surface area contributed by atoms with Crippen LogP contribution in [0.4, 0.5) is 4.79 Å². The van der Waals surface area contributed by atoms with Crippen LogP contribution in [0.15, 0.2) is 0 Å². The van der Waals surface area contributed by atoms with E-state index in [0.29, 0.717) is 19.1 Å². The molecule has 2 aliphatic rings. The van der Waals surface area contributed by atoms with E-state index in [4.69, 9.17) is 5.11 Å². The topological polar surface area (TPSA) is 64.1 Å². The lowest BCUT2D eigenvalue weighted by Crippen LogP contribution is -2.55. The first-order valence-electron chi connectivity index (χ1n) is 7.00. The van der Waals surface area contributed by atoms with Crippen LogP contribution in [0.2, 0.25) is 0 Å². The summed E-state index contributed by atoms with van der Waals surface area (Å²) >= 11 is 0. The highest BCUT2D eigenvalue weighted by Gasteiger charge is 2.36. The van der Waals surface area contributed by atoms with Gasteiger partial charge in [-0.25, -0.2) is 4.79 Å². The van der Waals surface area contributed by atoms with Gasteiger partial charge in [-0.2, -0.15) is 0 Å². The number of carboxylic acids is 1. The number of carbonyl (C=O) groups excluding carboxylic acids is 1. The average molecular weight is 269 g/mol. The molecular formula is C13H23N3O3. The van der Waals surface area contributed by atoms with Crippen LogP contribution in [-0.2, 0) is 4.79 Å². The Labute approximate surface area is 114 Å². The number of carboxylic acid groups (broad SMARTS) is 1. The Morgan fingerprint density at radius 3 is 2.21 bits per heavy atom. The molecule has 1 heterocycles. The molecule has 6 heteroatoms. The van der Waals surface area contributed by atoms with Crippen LogP contribution in [0.25, 0.3) is 0 Å². The lowest BCUT2D eigenvalue weighted by atomic mass is 10.2. The highest BCUT2D eigenvalue weighted by molar-refractivity contribution is 5.80. The van der Waals surface area contributed by atoms with E-state index < -0.39 is 5.97 Å². The molecule has 0 spiro atoms. The monoisotopic (exact) mass is 269 g/mol. The average Bonchev–Trinajstić information content (AvgIpc) is 3.19. The number of piperazine rings is 1. The molecule has 0 bridgehead atoms.